The fourth-order valence-electron chi connectivity index (χ4n) is 4.05. The van der Waals surface area contributed by atoms with Gasteiger partial charge in [0.2, 0.25) is 5.91 Å². The van der Waals surface area contributed by atoms with Crippen LogP contribution in [0.2, 0.25) is 0 Å². The number of ketones is 1. The molecule has 2 aromatic rings. The summed E-state index contributed by atoms with van der Waals surface area (Å²) in [6.07, 6.45) is 0.856. The number of rotatable bonds is 3. The lowest BCUT2D eigenvalue weighted by Crippen LogP contribution is -2.48. The topological polar surface area (TPSA) is 49.4 Å². The van der Waals surface area contributed by atoms with E-state index in [1.165, 1.54) is 4.90 Å². The smallest absolute Gasteiger partial charge is 0.238 e. The molecule has 2 aromatic carbocycles. The summed E-state index contributed by atoms with van der Waals surface area (Å²) >= 11 is 0. The van der Waals surface area contributed by atoms with Gasteiger partial charge in [0.1, 0.15) is 11.6 Å². The van der Waals surface area contributed by atoms with Crippen molar-refractivity contribution < 1.29 is 18.4 Å². The minimum Gasteiger partial charge on any atom is -0.317 e. The highest BCUT2D eigenvalue weighted by atomic mass is 19.1. The molecular weight excluding hydrogens is 338 g/mol. The summed E-state index contributed by atoms with van der Waals surface area (Å²) in [6.45, 7) is 0.916. The van der Waals surface area contributed by atoms with E-state index in [4.69, 9.17) is 0 Å². The van der Waals surface area contributed by atoms with E-state index in [0.717, 1.165) is 12.1 Å². The van der Waals surface area contributed by atoms with Crippen LogP contribution in [0, 0.1) is 11.6 Å². The van der Waals surface area contributed by atoms with Crippen molar-refractivity contribution >= 4 is 17.4 Å². The number of nitrogens with one attached hydrogen (secondary N) is 1. The summed E-state index contributed by atoms with van der Waals surface area (Å²) in [7, 11) is 0. The van der Waals surface area contributed by atoms with Gasteiger partial charge in [-0.2, -0.15) is 0 Å². The van der Waals surface area contributed by atoms with Gasteiger partial charge in [-0.05, 0) is 32.0 Å². The summed E-state index contributed by atoms with van der Waals surface area (Å²) in [5, 5.41) is 3.17. The van der Waals surface area contributed by atoms with Crippen LogP contribution in [0.1, 0.15) is 28.8 Å². The van der Waals surface area contributed by atoms with Gasteiger partial charge >= 0.3 is 0 Å². The van der Waals surface area contributed by atoms with E-state index >= 15 is 0 Å². The molecule has 4 nitrogen and oxygen atoms in total. The fourth-order valence-corrected chi connectivity index (χ4v) is 4.05. The molecule has 0 aliphatic carbocycles. The van der Waals surface area contributed by atoms with Crippen LogP contribution in [0.4, 0.5) is 14.5 Å². The van der Waals surface area contributed by atoms with E-state index in [2.05, 4.69) is 5.32 Å². The molecular formula is C20H18F2N2O2. The molecule has 1 saturated heterocycles. The van der Waals surface area contributed by atoms with Crippen LogP contribution in [-0.2, 0) is 10.2 Å². The minimum absolute atomic E-state index is 0.179. The number of Topliss-reactive ketones (excluding diaryl/α,β-unsaturated/α-hetero) is 1. The van der Waals surface area contributed by atoms with Crippen LogP contribution in [0.15, 0.2) is 42.5 Å². The largest absolute Gasteiger partial charge is 0.317 e. The molecule has 0 saturated carbocycles. The van der Waals surface area contributed by atoms with E-state index in [0.29, 0.717) is 31.5 Å². The molecule has 0 atom stereocenters. The number of carbonyl (C=O) groups excluding carboxylic acids is 2. The van der Waals surface area contributed by atoms with Crippen molar-refractivity contribution in [1.82, 2.24) is 5.32 Å². The molecule has 0 radical (unpaired) electrons. The van der Waals surface area contributed by atoms with Gasteiger partial charge < -0.3 is 10.2 Å². The van der Waals surface area contributed by atoms with Crippen molar-refractivity contribution in [3.63, 3.8) is 0 Å². The molecule has 1 spiro atoms. The predicted octanol–water partition coefficient (Wildman–Crippen LogP) is 2.82. The van der Waals surface area contributed by atoms with E-state index in [1.54, 1.807) is 30.3 Å². The second-order valence-electron chi connectivity index (χ2n) is 6.79. The van der Waals surface area contributed by atoms with Gasteiger partial charge in [-0.1, -0.05) is 30.3 Å². The van der Waals surface area contributed by atoms with Crippen LogP contribution in [-0.4, -0.2) is 31.3 Å². The molecule has 0 unspecified atom stereocenters. The maximum atomic E-state index is 14.7. The maximum absolute atomic E-state index is 14.7. The van der Waals surface area contributed by atoms with E-state index in [9.17, 15) is 18.4 Å². The normalized spacial score (nSPS) is 18.2. The molecule has 1 N–H and O–H groups in total. The average Bonchev–Trinajstić information content (AvgIpc) is 2.85. The molecule has 2 aliphatic rings. The predicted molar refractivity (Wildman–Crippen MR) is 93.3 cm³/mol. The molecule has 6 heteroatoms. The standard InChI is InChI=1S/C20H18F2N2O2/c21-14-10-15(22)18-16(11-14)24(12-17(25)13-4-2-1-3-5-13)19(26)20(18)6-8-23-9-7-20/h1-5,10-11,23H,6-9,12H2. The second-order valence-corrected chi connectivity index (χ2v) is 6.79. The Hall–Kier alpha value is -2.60. The third kappa shape index (κ3) is 2.52. The monoisotopic (exact) mass is 356 g/mol. The first-order valence-corrected chi connectivity index (χ1v) is 8.63. The Morgan fingerprint density at radius 3 is 2.50 bits per heavy atom. The lowest BCUT2D eigenvalue weighted by molar-refractivity contribution is -0.124. The van der Waals surface area contributed by atoms with Gasteiger partial charge in [0.05, 0.1) is 17.6 Å². The molecule has 2 heterocycles. The Kier molecular flexibility index (Phi) is 4.07. The van der Waals surface area contributed by atoms with Gasteiger partial charge in [-0.15, -0.1) is 0 Å². The fraction of sp³-hybridized carbons (Fsp3) is 0.300. The van der Waals surface area contributed by atoms with Crippen molar-refractivity contribution in [3.8, 4) is 0 Å². The Morgan fingerprint density at radius 1 is 1.12 bits per heavy atom. The van der Waals surface area contributed by atoms with Crippen LogP contribution in [0.5, 0.6) is 0 Å². The molecule has 1 fully saturated rings. The zero-order valence-electron chi connectivity index (χ0n) is 14.1. The summed E-state index contributed by atoms with van der Waals surface area (Å²) in [4.78, 5) is 27.1. The number of nitrogens with zero attached hydrogens (tertiary/aromatic N) is 1. The first kappa shape index (κ1) is 16.8. The van der Waals surface area contributed by atoms with Gasteiger partial charge in [-0.25, -0.2) is 8.78 Å². The summed E-state index contributed by atoms with van der Waals surface area (Å²) in [5.41, 5.74) is -0.148. The minimum atomic E-state index is -1.02. The molecule has 1 amide bonds. The average molecular weight is 356 g/mol. The highest BCUT2D eigenvalue weighted by Crippen LogP contribution is 2.48. The first-order valence-electron chi connectivity index (χ1n) is 8.63. The lowest BCUT2D eigenvalue weighted by atomic mass is 9.74. The number of fused-ring (bicyclic) bond motifs is 2. The van der Waals surface area contributed by atoms with Crippen LogP contribution in [0.25, 0.3) is 0 Å². The van der Waals surface area contributed by atoms with Crippen molar-refractivity contribution in [2.75, 3.05) is 24.5 Å². The number of halogens is 2. The number of hydrogen-bond acceptors (Lipinski definition) is 3. The van der Waals surface area contributed by atoms with Crippen molar-refractivity contribution in [2.24, 2.45) is 0 Å². The highest BCUT2D eigenvalue weighted by Gasteiger charge is 2.53. The van der Waals surface area contributed by atoms with Crippen LogP contribution in [0.3, 0.4) is 0 Å². The number of amides is 1. The third-order valence-corrected chi connectivity index (χ3v) is 5.31. The quantitative estimate of drug-likeness (QED) is 0.861. The van der Waals surface area contributed by atoms with Gasteiger partial charge in [0.25, 0.3) is 0 Å². The van der Waals surface area contributed by atoms with Gasteiger partial charge in [0.15, 0.2) is 5.78 Å². The molecule has 26 heavy (non-hydrogen) atoms. The number of carbonyl (C=O) groups is 2. The SMILES string of the molecule is O=C(CN1C(=O)C2(CCNCC2)c2c(F)cc(F)cc21)c1ccccc1. The van der Waals surface area contributed by atoms with Crippen LogP contribution >= 0.6 is 0 Å². The summed E-state index contributed by atoms with van der Waals surface area (Å²) in [6, 6.07) is 10.6. The summed E-state index contributed by atoms with van der Waals surface area (Å²) in [5.74, 6) is -2.05. The zero-order valence-corrected chi connectivity index (χ0v) is 14.1. The van der Waals surface area contributed by atoms with Crippen molar-refractivity contribution in [1.29, 1.82) is 0 Å². The summed E-state index contributed by atoms with van der Waals surface area (Å²) < 4.78 is 28.5. The molecule has 0 aromatic heterocycles. The lowest BCUT2D eigenvalue weighted by Gasteiger charge is -2.33. The molecule has 4 rings (SSSR count). The maximum Gasteiger partial charge on any atom is 0.238 e. The molecule has 134 valence electrons. The Balaban J connectivity index is 1.77. The van der Waals surface area contributed by atoms with Crippen molar-refractivity contribution in [3.05, 3.63) is 65.2 Å². The van der Waals surface area contributed by atoms with E-state index in [-0.39, 0.29) is 29.5 Å². The number of anilines is 1. The first-order chi connectivity index (χ1) is 12.5. The second kappa shape index (κ2) is 6.29. The highest BCUT2D eigenvalue weighted by molar-refractivity contribution is 6.13. The number of benzene rings is 2. The van der Waals surface area contributed by atoms with E-state index in [1.807, 2.05) is 0 Å². The van der Waals surface area contributed by atoms with Gasteiger partial charge in [-0.3, -0.25) is 9.59 Å². The molecule has 0 bridgehead atoms. The number of hydrogen-bond donors (Lipinski definition) is 1. The van der Waals surface area contributed by atoms with Crippen molar-refractivity contribution in [2.45, 2.75) is 18.3 Å². The van der Waals surface area contributed by atoms with E-state index < -0.39 is 17.0 Å². The zero-order chi connectivity index (χ0) is 18.3. The van der Waals surface area contributed by atoms with Crippen LogP contribution < -0.4 is 10.2 Å². The number of piperidine rings is 1. The third-order valence-electron chi connectivity index (χ3n) is 5.31. The molecule has 2 aliphatic heterocycles. The Labute approximate surface area is 149 Å². The van der Waals surface area contributed by atoms with Gasteiger partial charge in [0, 0.05) is 17.2 Å². The Bertz CT molecular complexity index is 877. The Morgan fingerprint density at radius 2 is 1.81 bits per heavy atom.